The summed E-state index contributed by atoms with van der Waals surface area (Å²) in [5.74, 6) is 0.973. The van der Waals surface area contributed by atoms with Gasteiger partial charge in [-0.3, -0.25) is 0 Å². The Balaban J connectivity index is 2.43. The molecule has 0 bridgehead atoms. The normalized spacial score (nSPS) is 14.3. The van der Waals surface area contributed by atoms with Gasteiger partial charge < -0.3 is 9.73 Å². The number of nitrogens with one attached hydrogen (secondary N) is 1. The number of oxazole rings is 1. The Morgan fingerprint density at radius 3 is 2.71 bits per heavy atom. The predicted octanol–water partition coefficient (Wildman–Crippen LogP) is 2.40. The lowest BCUT2D eigenvalue weighted by atomic mass is 9.88. The van der Waals surface area contributed by atoms with Crippen molar-refractivity contribution in [2.24, 2.45) is 5.41 Å². The highest BCUT2D eigenvalue weighted by Gasteiger charge is 2.23. The Morgan fingerprint density at radius 1 is 1.57 bits per heavy atom. The molecule has 1 heterocycles. The average molecular weight is 214 g/mol. The van der Waals surface area contributed by atoms with E-state index in [0.717, 1.165) is 11.0 Å². The van der Waals surface area contributed by atoms with E-state index in [1.54, 1.807) is 24.2 Å². The molecule has 0 aliphatic heterocycles. The quantitative estimate of drug-likeness (QED) is 0.781. The maximum Gasteiger partial charge on any atom is 0.255 e. The molecule has 1 N–H and O–H groups in total. The summed E-state index contributed by atoms with van der Waals surface area (Å²) < 4.78 is 5.17. The summed E-state index contributed by atoms with van der Waals surface area (Å²) in [6.45, 7) is 6.68. The Morgan fingerprint density at radius 2 is 2.29 bits per heavy atom. The maximum absolute atomic E-state index is 5.17. The van der Waals surface area contributed by atoms with Crippen molar-refractivity contribution in [1.29, 1.82) is 0 Å². The van der Waals surface area contributed by atoms with Gasteiger partial charge in [-0.2, -0.15) is 0 Å². The van der Waals surface area contributed by atoms with Gasteiger partial charge in [-0.15, -0.1) is 0 Å². The largest absolute Gasteiger partial charge is 0.440 e. The van der Waals surface area contributed by atoms with Crippen LogP contribution in [0.25, 0.3) is 0 Å². The first-order chi connectivity index (χ1) is 6.54. The number of rotatable bonds is 4. The maximum atomic E-state index is 5.17. The molecule has 1 unspecified atom stereocenters. The first-order valence-corrected chi connectivity index (χ1v) is 5.72. The zero-order chi connectivity index (χ0) is 10.6. The van der Waals surface area contributed by atoms with Gasteiger partial charge in [0.05, 0.1) is 6.20 Å². The highest BCUT2D eigenvalue weighted by molar-refractivity contribution is 7.99. The minimum atomic E-state index is 0.258. The van der Waals surface area contributed by atoms with Crippen molar-refractivity contribution < 1.29 is 4.42 Å². The van der Waals surface area contributed by atoms with Crippen molar-refractivity contribution in [1.82, 2.24) is 10.3 Å². The van der Waals surface area contributed by atoms with Crippen LogP contribution in [0.2, 0.25) is 0 Å². The number of hydrogen-bond donors (Lipinski definition) is 1. The van der Waals surface area contributed by atoms with Gasteiger partial charge in [0, 0.05) is 11.8 Å². The summed E-state index contributed by atoms with van der Waals surface area (Å²) in [6.07, 6.45) is 3.28. The van der Waals surface area contributed by atoms with Crippen LogP contribution in [0.1, 0.15) is 20.8 Å². The van der Waals surface area contributed by atoms with E-state index in [4.69, 9.17) is 4.42 Å². The molecular formula is C10H18N2OS. The first-order valence-electron chi connectivity index (χ1n) is 4.73. The monoisotopic (exact) mass is 214 g/mol. The number of aromatic nitrogens is 1. The lowest BCUT2D eigenvalue weighted by Crippen LogP contribution is -2.40. The molecule has 3 nitrogen and oxygen atoms in total. The summed E-state index contributed by atoms with van der Waals surface area (Å²) in [4.78, 5) is 4.07. The van der Waals surface area contributed by atoms with E-state index in [0.29, 0.717) is 6.04 Å². The van der Waals surface area contributed by atoms with Gasteiger partial charge >= 0.3 is 0 Å². The zero-order valence-corrected chi connectivity index (χ0v) is 10.0. The van der Waals surface area contributed by atoms with Gasteiger partial charge in [0.2, 0.25) is 0 Å². The van der Waals surface area contributed by atoms with E-state index in [1.807, 2.05) is 7.05 Å². The highest BCUT2D eigenvalue weighted by Crippen LogP contribution is 2.25. The zero-order valence-electron chi connectivity index (χ0n) is 9.20. The highest BCUT2D eigenvalue weighted by atomic mass is 32.2. The minimum Gasteiger partial charge on any atom is -0.440 e. The molecule has 1 aromatic rings. The molecule has 1 aromatic heterocycles. The molecule has 4 heteroatoms. The third kappa shape index (κ3) is 3.35. The minimum absolute atomic E-state index is 0.258. The second-order valence-corrected chi connectivity index (χ2v) is 5.29. The molecule has 0 saturated carbocycles. The topological polar surface area (TPSA) is 38.1 Å². The van der Waals surface area contributed by atoms with Crippen LogP contribution in [0, 0.1) is 5.41 Å². The molecular weight excluding hydrogens is 196 g/mol. The summed E-state index contributed by atoms with van der Waals surface area (Å²) in [5, 5.41) is 4.06. The van der Waals surface area contributed by atoms with Crippen molar-refractivity contribution in [3.63, 3.8) is 0 Å². The van der Waals surface area contributed by atoms with Crippen molar-refractivity contribution in [3.8, 4) is 0 Å². The van der Waals surface area contributed by atoms with Crippen molar-refractivity contribution >= 4 is 11.8 Å². The van der Waals surface area contributed by atoms with Crippen LogP contribution in [0.4, 0.5) is 0 Å². The Kier molecular flexibility index (Phi) is 4.01. The van der Waals surface area contributed by atoms with Gasteiger partial charge in [-0.05, 0) is 12.5 Å². The lowest BCUT2D eigenvalue weighted by Gasteiger charge is -2.29. The number of hydrogen-bond acceptors (Lipinski definition) is 4. The van der Waals surface area contributed by atoms with Crippen molar-refractivity contribution in [2.75, 3.05) is 12.8 Å². The third-order valence-corrected chi connectivity index (χ3v) is 3.13. The van der Waals surface area contributed by atoms with Crippen LogP contribution in [0.5, 0.6) is 0 Å². The summed E-state index contributed by atoms with van der Waals surface area (Å²) in [7, 11) is 1.99. The van der Waals surface area contributed by atoms with Gasteiger partial charge in [0.25, 0.3) is 5.22 Å². The predicted molar refractivity (Wildman–Crippen MR) is 59.5 cm³/mol. The average Bonchev–Trinajstić information content (AvgIpc) is 2.55. The molecule has 0 spiro atoms. The number of nitrogens with zero attached hydrogens (tertiary/aromatic N) is 1. The smallest absolute Gasteiger partial charge is 0.255 e. The van der Waals surface area contributed by atoms with E-state index in [2.05, 4.69) is 31.1 Å². The molecule has 0 fully saturated rings. The Labute approximate surface area is 89.7 Å². The van der Waals surface area contributed by atoms with Crippen LogP contribution >= 0.6 is 11.8 Å². The van der Waals surface area contributed by atoms with E-state index in [-0.39, 0.29) is 5.41 Å². The van der Waals surface area contributed by atoms with Crippen molar-refractivity contribution in [2.45, 2.75) is 32.0 Å². The summed E-state index contributed by atoms with van der Waals surface area (Å²) in [5.41, 5.74) is 0.258. The third-order valence-electron chi connectivity index (χ3n) is 2.18. The lowest BCUT2D eigenvalue weighted by molar-refractivity contribution is 0.305. The summed E-state index contributed by atoms with van der Waals surface area (Å²) >= 11 is 1.65. The van der Waals surface area contributed by atoms with E-state index < -0.39 is 0 Å². The molecule has 0 amide bonds. The van der Waals surface area contributed by atoms with Crippen LogP contribution in [-0.2, 0) is 0 Å². The molecule has 0 saturated heterocycles. The molecule has 14 heavy (non-hydrogen) atoms. The fourth-order valence-electron chi connectivity index (χ4n) is 1.20. The van der Waals surface area contributed by atoms with Crippen LogP contribution < -0.4 is 5.32 Å². The fourth-order valence-corrected chi connectivity index (χ4v) is 2.44. The molecule has 0 aliphatic rings. The first kappa shape index (κ1) is 11.6. The van der Waals surface area contributed by atoms with Gasteiger partial charge in [-0.1, -0.05) is 32.5 Å². The second kappa shape index (κ2) is 4.84. The molecule has 0 radical (unpaired) electrons. The molecule has 80 valence electrons. The van der Waals surface area contributed by atoms with Crippen LogP contribution in [0.15, 0.2) is 22.1 Å². The van der Waals surface area contributed by atoms with Gasteiger partial charge in [-0.25, -0.2) is 4.98 Å². The summed E-state index contributed by atoms with van der Waals surface area (Å²) in [6, 6.07) is 0.458. The molecule has 0 aromatic carbocycles. The fraction of sp³-hybridized carbons (Fsp3) is 0.700. The Hall–Kier alpha value is -0.480. The van der Waals surface area contributed by atoms with Gasteiger partial charge in [0.15, 0.2) is 0 Å². The molecule has 1 atom stereocenters. The van der Waals surface area contributed by atoms with E-state index in [9.17, 15) is 0 Å². The van der Waals surface area contributed by atoms with E-state index >= 15 is 0 Å². The Bertz CT molecular complexity index is 254. The molecule has 1 rings (SSSR count). The van der Waals surface area contributed by atoms with E-state index in [1.165, 1.54) is 0 Å². The standard InChI is InChI=1S/C10H18N2OS/c1-10(2,3)8(11-4)7-14-9-12-5-6-13-9/h5-6,8,11H,7H2,1-4H3. The molecule has 0 aliphatic carbocycles. The van der Waals surface area contributed by atoms with Crippen molar-refractivity contribution in [3.05, 3.63) is 12.5 Å². The SMILES string of the molecule is CNC(CSc1ncco1)C(C)(C)C. The second-order valence-electron chi connectivity index (χ2n) is 4.32. The van der Waals surface area contributed by atoms with Crippen LogP contribution in [0.3, 0.4) is 0 Å². The number of thioether (sulfide) groups is 1. The van der Waals surface area contributed by atoms with Gasteiger partial charge in [0.1, 0.15) is 6.26 Å². The van der Waals surface area contributed by atoms with Crippen LogP contribution in [-0.4, -0.2) is 23.8 Å².